The SMILES string of the molecule is COc1ncc(NC(=O)N2CC(C)CC(C(=O)O)C2)cc1C(N)=O. The van der Waals surface area contributed by atoms with Gasteiger partial charge in [0.05, 0.1) is 24.9 Å². The van der Waals surface area contributed by atoms with E-state index in [-0.39, 0.29) is 29.6 Å². The van der Waals surface area contributed by atoms with Gasteiger partial charge in [-0.05, 0) is 18.4 Å². The third-order valence-corrected chi connectivity index (χ3v) is 3.86. The van der Waals surface area contributed by atoms with Crippen molar-refractivity contribution < 1.29 is 24.2 Å². The number of piperidine rings is 1. The Labute approximate surface area is 138 Å². The van der Waals surface area contributed by atoms with Crippen LogP contribution in [0.4, 0.5) is 10.5 Å². The zero-order valence-corrected chi connectivity index (χ0v) is 13.5. The molecule has 1 aromatic heterocycles. The first-order valence-corrected chi connectivity index (χ1v) is 7.44. The van der Waals surface area contributed by atoms with E-state index in [4.69, 9.17) is 15.6 Å². The molecular weight excluding hydrogens is 316 g/mol. The van der Waals surface area contributed by atoms with Gasteiger partial charge in [-0.2, -0.15) is 0 Å². The minimum absolute atomic E-state index is 0.0470. The summed E-state index contributed by atoms with van der Waals surface area (Å²) in [5, 5.41) is 11.8. The van der Waals surface area contributed by atoms with Crippen LogP contribution in [0.3, 0.4) is 0 Å². The minimum Gasteiger partial charge on any atom is -0.481 e. The van der Waals surface area contributed by atoms with E-state index < -0.39 is 23.8 Å². The largest absolute Gasteiger partial charge is 0.481 e. The number of carboxylic acids is 1. The Bertz CT molecular complexity index is 663. The number of ether oxygens (including phenoxy) is 1. The van der Waals surface area contributed by atoms with Crippen molar-refractivity contribution >= 4 is 23.6 Å². The molecule has 4 N–H and O–H groups in total. The van der Waals surface area contributed by atoms with Crippen molar-refractivity contribution in [2.45, 2.75) is 13.3 Å². The van der Waals surface area contributed by atoms with Crippen LogP contribution < -0.4 is 15.8 Å². The average Bonchev–Trinajstić information content (AvgIpc) is 2.54. The zero-order chi connectivity index (χ0) is 17.9. The lowest BCUT2D eigenvalue weighted by Crippen LogP contribution is -2.47. The Balaban J connectivity index is 2.13. The van der Waals surface area contributed by atoms with Crippen molar-refractivity contribution in [2.75, 3.05) is 25.5 Å². The number of aliphatic carboxylic acids is 1. The Morgan fingerprint density at radius 1 is 1.42 bits per heavy atom. The first-order valence-electron chi connectivity index (χ1n) is 7.44. The molecule has 0 spiro atoms. The molecule has 0 aromatic carbocycles. The number of urea groups is 1. The second kappa shape index (κ2) is 7.16. The summed E-state index contributed by atoms with van der Waals surface area (Å²) >= 11 is 0. The summed E-state index contributed by atoms with van der Waals surface area (Å²) in [7, 11) is 1.36. The number of primary amides is 1. The lowest BCUT2D eigenvalue weighted by atomic mass is 9.91. The van der Waals surface area contributed by atoms with E-state index >= 15 is 0 Å². The Hall–Kier alpha value is -2.84. The van der Waals surface area contributed by atoms with Crippen molar-refractivity contribution in [1.29, 1.82) is 0 Å². The van der Waals surface area contributed by atoms with Gasteiger partial charge in [0.25, 0.3) is 5.91 Å². The van der Waals surface area contributed by atoms with Gasteiger partial charge in [-0.25, -0.2) is 9.78 Å². The highest BCUT2D eigenvalue weighted by molar-refractivity contribution is 5.97. The Kier molecular flexibility index (Phi) is 5.22. The van der Waals surface area contributed by atoms with Gasteiger partial charge in [-0.15, -0.1) is 0 Å². The molecule has 1 aliphatic rings. The summed E-state index contributed by atoms with van der Waals surface area (Å²) in [6.45, 7) is 2.50. The van der Waals surface area contributed by atoms with Gasteiger partial charge in [-0.3, -0.25) is 9.59 Å². The molecule has 1 fully saturated rings. The van der Waals surface area contributed by atoms with Crippen molar-refractivity contribution in [1.82, 2.24) is 9.88 Å². The number of carbonyl (C=O) groups excluding carboxylic acids is 2. The molecule has 1 saturated heterocycles. The van der Waals surface area contributed by atoms with E-state index in [9.17, 15) is 14.4 Å². The van der Waals surface area contributed by atoms with Crippen LogP contribution >= 0.6 is 0 Å². The highest BCUT2D eigenvalue weighted by Gasteiger charge is 2.32. The lowest BCUT2D eigenvalue weighted by molar-refractivity contribution is -0.143. The van der Waals surface area contributed by atoms with E-state index in [1.807, 2.05) is 6.92 Å². The Morgan fingerprint density at radius 2 is 2.12 bits per heavy atom. The second-order valence-corrected chi connectivity index (χ2v) is 5.86. The number of anilines is 1. The van der Waals surface area contributed by atoms with Gasteiger partial charge in [0.2, 0.25) is 5.88 Å². The topological polar surface area (TPSA) is 135 Å². The Morgan fingerprint density at radius 3 is 2.71 bits per heavy atom. The number of aromatic nitrogens is 1. The predicted molar refractivity (Wildman–Crippen MR) is 84.8 cm³/mol. The van der Waals surface area contributed by atoms with E-state index in [1.165, 1.54) is 24.3 Å². The van der Waals surface area contributed by atoms with Gasteiger partial charge in [0.15, 0.2) is 0 Å². The van der Waals surface area contributed by atoms with Crippen LogP contribution in [-0.4, -0.2) is 53.1 Å². The van der Waals surface area contributed by atoms with Gasteiger partial charge in [0, 0.05) is 13.1 Å². The minimum atomic E-state index is -0.915. The molecular formula is C15H20N4O5. The summed E-state index contributed by atoms with van der Waals surface area (Å²) in [4.78, 5) is 40.3. The number of carbonyl (C=O) groups is 3. The first kappa shape index (κ1) is 17.5. The molecule has 0 radical (unpaired) electrons. The van der Waals surface area contributed by atoms with Crippen molar-refractivity contribution in [2.24, 2.45) is 17.6 Å². The van der Waals surface area contributed by atoms with Crippen LogP contribution in [0.2, 0.25) is 0 Å². The number of rotatable bonds is 4. The maximum Gasteiger partial charge on any atom is 0.321 e. The maximum atomic E-state index is 12.4. The molecule has 3 amide bonds. The highest BCUT2D eigenvalue weighted by atomic mass is 16.5. The smallest absolute Gasteiger partial charge is 0.321 e. The molecule has 2 heterocycles. The fourth-order valence-corrected chi connectivity index (χ4v) is 2.76. The maximum absolute atomic E-state index is 12.4. The first-order chi connectivity index (χ1) is 11.3. The molecule has 2 rings (SSSR count). The van der Waals surface area contributed by atoms with Crippen molar-refractivity contribution in [3.63, 3.8) is 0 Å². The van der Waals surface area contributed by atoms with E-state index in [2.05, 4.69) is 10.3 Å². The number of amides is 3. The monoisotopic (exact) mass is 336 g/mol. The van der Waals surface area contributed by atoms with Crippen molar-refractivity contribution in [3.8, 4) is 5.88 Å². The average molecular weight is 336 g/mol. The van der Waals surface area contributed by atoms with Crippen LogP contribution in [0, 0.1) is 11.8 Å². The second-order valence-electron chi connectivity index (χ2n) is 5.86. The predicted octanol–water partition coefficient (Wildman–Crippen LogP) is 0.764. The zero-order valence-electron chi connectivity index (χ0n) is 13.5. The van der Waals surface area contributed by atoms with Gasteiger partial charge < -0.3 is 25.8 Å². The number of methoxy groups -OCH3 is 1. The van der Waals surface area contributed by atoms with Crippen molar-refractivity contribution in [3.05, 3.63) is 17.8 Å². The van der Waals surface area contributed by atoms with Crippen LogP contribution in [0.5, 0.6) is 5.88 Å². The molecule has 9 heteroatoms. The number of hydrogen-bond donors (Lipinski definition) is 3. The third-order valence-electron chi connectivity index (χ3n) is 3.86. The van der Waals surface area contributed by atoms with Crippen LogP contribution in [-0.2, 0) is 4.79 Å². The third kappa shape index (κ3) is 3.92. The fourth-order valence-electron chi connectivity index (χ4n) is 2.76. The number of pyridine rings is 1. The van der Waals surface area contributed by atoms with Gasteiger partial charge in [0.1, 0.15) is 5.56 Å². The molecule has 24 heavy (non-hydrogen) atoms. The standard InChI is InChI=1S/C15H20N4O5/c1-8-3-9(14(21)22)7-19(6-8)15(23)18-10-4-11(12(16)20)13(24-2)17-5-10/h4-5,8-9H,3,6-7H2,1-2H3,(H2,16,20)(H,18,23)(H,21,22). The number of carboxylic acid groups (broad SMARTS) is 1. The highest BCUT2D eigenvalue weighted by Crippen LogP contribution is 2.23. The number of nitrogens with two attached hydrogens (primary N) is 1. The molecule has 0 bridgehead atoms. The van der Waals surface area contributed by atoms with Gasteiger partial charge >= 0.3 is 12.0 Å². The summed E-state index contributed by atoms with van der Waals surface area (Å²) in [5.41, 5.74) is 5.58. The van der Waals surface area contributed by atoms with Crippen LogP contribution in [0.1, 0.15) is 23.7 Å². The number of nitrogens with zero attached hydrogens (tertiary/aromatic N) is 2. The summed E-state index contributed by atoms with van der Waals surface area (Å²) in [6.07, 6.45) is 1.88. The van der Waals surface area contributed by atoms with E-state index in [1.54, 1.807) is 0 Å². The van der Waals surface area contributed by atoms with Gasteiger partial charge in [-0.1, -0.05) is 6.92 Å². The van der Waals surface area contributed by atoms with Crippen LogP contribution in [0.15, 0.2) is 12.3 Å². The number of hydrogen-bond acceptors (Lipinski definition) is 5. The molecule has 9 nitrogen and oxygen atoms in total. The molecule has 0 saturated carbocycles. The van der Waals surface area contributed by atoms with E-state index in [0.717, 1.165) is 0 Å². The summed E-state index contributed by atoms with van der Waals surface area (Å²) in [5.74, 6) is -2.08. The molecule has 1 aromatic rings. The molecule has 0 aliphatic carbocycles. The lowest BCUT2D eigenvalue weighted by Gasteiger charge is -2.34. The van der Waals surface area contributed by atoms with Crippen LogP contribution in [0.25, 0.3) is 0 Å². The van der Waals surface area contributed by atoms with E-state index in [0.29, 0.717) is 13.0 Å². The molecule has 2 atom stereocenters. The molecule has 2 unspecified atom stereocenters. The quantitative estimate of drug-likeness (QED) is 0.743. The number of likely N-dealkylation sites (tertiary alicyclic amines) is 1. The molecule has 130 valence electrons. The number of nitrogens with one attached hydrogen (secondary N) is 1. The summed E-state index contributed by atoms with van der Waals surface area (Å²) in [6, 6.07) is 0.920. The normalized spacial score (nSPS) is 20.3. The summed E-state index contributed by atoms with van der Waals surface area (Å²) < 4.78 is 4.94. The molecule has 1 aliphatic heterocycles. The fraction of sp³-hybridized carbons (Fsp3) is 0.467.